The van der Waals surface area contributed by atoms with Crippen LogP contribution in [0.2, 0.25) is 0 Å². The molecule has 0 amide bonds. The molecule has 0 saturated heterocycles. The van der Waals surface area contributed by atoms with Gasteiger partial charge in [-0.15, -0.1) is 0 Å². The number of ether oxygens (including phenoxy) is 4. The van der Waals surface area contributed by atoms with Crippen LogP contribution < -0.4 is 0 Å². The van der Waals surface area contributed by atoms with Crippen molar-refractivity contribution in [3.8, 4) is 0 Å². The van der Waals surface area contributed by atoms with Gasteiger partial charge >= 0.3 is 17.9 Å². The quantitative estimate of drug-likeness (QED) is 0.395. The SMILES string of the molecule is C[C@@H]1OC=C(OC(=O)c2ccccc2)[C@H](OC(=O)c2ccccc2)[C@H]1OC(=O)c1ccccc1. The fourth-order valence-electron chi connectivity index (χ4n) is 3.36. The van der Waals surface area contributed by atoms with Gasteiger partial charge in [-0.25, -0.2) is 14.4 Å². The molecule has 0 unspecified atom stereocenters. The predicted octanol–water partition coefficient (Wildman–Crippen LogP) is 4.55. The van der Waals surface area contributed by atoms with Gasteiger partial charge in [-0.1, -0.05) is 54.6 Å². The minimum absolute atomic E-state index is 0.0814. The summed E-state index contributed by atoms with van der Waals surface area (Å²) in [5.41, 5.74) is 0.914. The van der Waals surface area contributed by atoms with Crippen molar-refractivity contribution in [2.75, 3.05) is 0 Å². The van der Waals surface area contributed by atoms with E-state index in [-0.39, 0.29) is 5.76 Å². The molecule has 0 radical (unpaired) electrons. The molecule has 7 heteroatoms. The highest BCUT2D eigenvalue weighted by Crippen LogP contribution is 2.28. The molecule has 1 aliphatic heterocycles. The molecule has 0 aliphatic carbocycles. The van der Waals surface area contributed by atoms with Crippen LogP contribution in [0.15, 0.2) is 103 Å². The first-order valence-electron chi connectivity index (χ1n) is 10.7. The van der Waals surface area contributed by atoms with Gasteiger partial charge in [0.15, 0.2) is 11.9 Å². The minimum Gasteiger partial charge on any atom is -0.491 e. The van der Waals surface area contributed by atoms with E-state index in [2.05, 4.69) is 0 Å². The van der Waals surface area contributed by atoms with E-state index in [1.807, 2.05) is 0 Å². The van der Waals surface area contributed by atoms with Crippen LogP contribution in [0.3, 0.4) is 0 Å². The lowest BCUT2D eigenvalue weighted by molar-refractivity contribution is -0.0972. The third kappa shape index (κ3) is 5.32. The fourth-order valence-corrected chi connectivity index (χ4v) is 3.36. The molecular formula is C27H22O7. The topological polar surface area (TPSA) is 88.1 Å². The van der Waals surface area contributed by atoms with Crippen molar-refractivity contribution in [2.45, 2.75) is 25.2 Å². The Balaban J connectivity index is 1.61. The van der Waals surface area contributed by atoms with Crippen molar-refractivity contribution in [2.24, 2.45) is 0 Å². The van der Waals surface area contributed by atoms with E-state index in [1.54, 1.807) is 97.9 Å². The molecule has 0 spiro atoms. The van der Waals surface area contributed by atoms with Crippen molar-refractivity contribution < 1.29 is 33.3 Å². The summed E-state index contributed by atoms with van der Waals surface area (Å²) in [5, 5.41) is 0. The summed E-state index contributed by atoms with van der Waals surface area (Å²) in [7, 11) is 0. The van der Waals surface area contributed by atoms with Crippen LogP contribution in [-0.2, 0) is 18.9 Å². The van der Waals surface area contributed by atoms with Crippen LogP contribution in [0.25, 0.3) is 0 Å². The molecule has 0 N–H and O–H groups in total. The lowest BCUT2D eigenvalue weighted by Crippen LogP contribution is -2.47. The summed E-state index contributed by atoms with van der Waals surface area (Å²) >= 11 is 0. The molecule has 0 bridgehead atoms. The monoisotopic (exact) mass is 458 g/mol. The van der Waals surface area contributed by atoms with Crippen molar-refractivity contribution in [3.63, 3.8) is 0 Å². The van der Waals surface area contributed by atoms with E-state index >= 15 is 0 Å². The maximum Gasteiger partial charge on any atom is 0.343 e. The zero-order valence-electron chi connectivity index (χ0n) is 18.3. The third-order valence-corrected chi connectivity index (χ3v) is 5.16. The number of rotatable bonds is 6. The molecule has 3 aromatic rings. The Labute approximate surface area is 196 Å². The molecule has 34 heavy (non-hydrogen) atoms. The Morgan fingerprint density at radius 1 is 0.647 bits per heavy atom. The second-order valence-corrected chi connectivity index (χ2v) is 7.54. The molecule has 0 aromatic heterocycles. The van der Waals surface area contributed by atoms with Crippen LogP contribution in [-0.4, -0.2) is 36.2 Å². The summed E-state index contributed by atoms with van der Waals surface area (Å²) in [4.78, 5) is 38.3. The highest BCUT2D eigenvalue weighted by molar-refractivity contribution is 5.91. The Hall–Kier alpha value is -4.39. The largest absolute Gasteiger partial charge is 0.491 e. The van der Waals surface area contributed by atoms with Gasteiger partial charge in [-0.05, 0) is 43.3 Å². The summed E-state index contributed by atoms with van der Waals surface area (Å²) < 4.78 is 22.5. The second-order valence-electron chi connectivity index (χ2n) is 7.54. The summed E-state index contributed by atoms with van der Waals surface area (Å²) in [6, 6.07) is 25.1. The normalized spacial score (nSPS) is 19.2. The highest BCUT2D eigenvalue weighted by atomic mass is 16.6. The lowest BCUT2D eigenvalue weighted by Gasteiger charge is -2.34. The molecule has 4 rings (SSSR count). The van der Waals surface area contributed by atoms with Gasteiger partial charge in [0.2, 0.25) is 6.10 Å². The molecule has 0 saturated carbocycles. The summed E-state index contributed by atoms with van der Waals surface area (Å²) in [6.07, 6.45) is -1.75. The van der Waals surface area contributed by atoms with Gasteiger partial charge in [0.1, 0.15) is 12.4 Å². The number of carbonyl (C=O) groups is 3. The van der Waals surface area contributed by atoms with Crippen LogP contribution >= 0.6 is 0 Å². The van der Waals surface area contributed by atoms with Gasteiger partial charge in [0.05, 0.1) is 16.7 Å². The highest BCUT2D eigenvalue weighted by Gasteiger charge is 2.43. The average molecular weight is 458 g/mol. The Morgan fingerprint density at radius 2 is 1.09 bits per heavy atom. The van der Waals surface area contributed by atoms with Crippen LogP contribution in [0.4, 0.5) is 0 Å². The van der Waals surface area contributed by atoms with Crippen molar-refractivity contribution >= 4 is 17.9 Å². The van der Waals surface area contributed by atoms with E-state index in [9.17, 15) is 14.4 Å². The van der Waals surface area contributed by atoms with Gasteiger partial charge < -0.3 is 18.9 Å². The van der Waals surface area contributed by atoms with Gasteiger partial charge in [-0.2, -0.15) is 0 Å². The summed E-state index contributed by atoms with van der Waals surface area (Å²) in [6.45, 7) is 1.67. The van der Waals surface area contributed by atoms with Crippen LogP contribution in [0.1, 0.15) is 38.0 Å². The molecule has 7 nitrogen and oxygen atoms in total. The first-order valence-corrected chi connectivity index (χ1v) is 10.7. The van der Waals surface area contributed by atoms with Crippen LogP contribution in [0.5, 0.6) is 0 Å². The van der Waals surface area contributed by atoms with Gasteiger partial charge in [0.25, 0.3) is 0 Å². The van der Waals surface area contributed by atoms with Crippen LogP contribution in [0, 0.1) is 0 Å². The number of hydrogen-bond acceptors (Lipinski definition) is 7. The van der Waals surface area contributed by atoms with Crippen molar-refractivity contribution in [1.82, 2.24) is 0 Å². The second kappa shape index (κ2) is 10.5. The number of esters is 3. The van der Waals surface area contributed by atoms with E-state index < -0.39 is 36.2 Å². The van der Waals surface area contributed by atoms with Crippen molar-refractivity contribution in [3.05, 3.63) is 120 Å². The first-order chi connectivity index (χ1) is 16.5. The Kier molecular flexibility index (Phi) is 7.03. The Morgan fingerprint density at radius 3 is 1.59 bits per heavy atom. The zero-order chi connectivity index (χ0) is 23.9. The Bertz CT molecular complexity index is 1170. The summed E-state index contributed by atoms with van der Waals surface area (Å²) in [5.74, 6) is -2.04. The molecule has 0 fully saturated rings. The van der Waals surface area contributed by atoms with E-state index in [0.717, 1.165) is 0 Å². The smallest absolute Gasteiger partial charge is 0.343 e. The standard InChI is InChI=1S/C27H22O7/c1-18-23(33-26(29)20-13-7-3-8-14-20)24(34-27(30)21-15-9-4-10-16-21)22(17-31-18)32-25(28)19-11-5-2-6-12-19/h2-18,23-24H,1H3/t18-,23-,24-/m0/s1. The van der Waals surface area contributed by atoms with Crippen molar-refractivity contribution in [1.29, 1.82) is 0 Å². The zero-order valence-corrected chi connectivity index (χ0v) is 18.3. The molecular weight excluding hydrogens is 436 g/mol. The van der Waals surface area contributed by atoms with Gasteiger partial charge in [0, 0.05) is 0 Å². The van der Waals surface area contributed by atoms with E-state index in [1.165, 1.54) is 6.26 Å². The molecule has 1 aliphatic rings. The molecule has 1 heterocycles. The average Bonchev–Trinajstić information content (AvgIpc) is 2.89. The fraction of sp³-hybridized carbons (Fsp3) is 0.148. The van der Waals surface area contributed by atoms with Gasteiger partial charge in [-0.3, -0.25) is 0 Å². The molecule has 172 valence electrons. The number of benzene rings is 3. The lowest BCUT2D eigenvalue weighted by atomic mass is 10.0. The molecule has 3 aromatic carbocycles. The van der Waals surface area contributed by atoms with E-state index in [4.69, 9.17) is 18.9 Å². The maximum atomic E-state index is 12.9. The molecule has 3 atom stereocenters. The minimum atomic E-state index is -1.21. The van der Waals surface area contributed by atoms with E-state index in [0.29, 0.717) is 16.7 Å². The first kappa shape index (κ1) is 22.8. The number of hydrogen-bond donors (Lipinski definition) is 0. The number of carbonyl (C=O) groups excluding carboxylic acids is 3. The predicted molar refractivity (Wildman–Crippen MR) is 122 cm³/mol. The maximum absolute atomic E-state index is 12.9. The third-order valence-electron chi connectivity index (χ3n) is 5.16.